The normalized spacial score (nSPS) is 10.8. The van der Waals surface area contributed by atoms with E-state index in [-0.39, 0.29) is 0 Å². The topological polar surface area (TPSA) is 67.9 Å². The van der Waals surface area contributed by atoms with Gasteiger partial charge < -0.3 is 9.72 Å². The molecule has 3 aromatic rings. The number of rotatable bonds is 4. The first-order valence-electron chi connectivity index (χ1n) is 5.87. The minimum atomic E-state index is -0.413. The Kier molecular flexibility index (Phi) is 3.70. The van der Waals surface area contributed by atoms with Gasteiger partial charge in [0.25, 0.3) is 0 Å². The number of methoxy groups -OCH3 is 1. The van der Waals surface area contributed by atoms with Crippen LogP contribution < -0.4 is 0 Å². The first-order chi connectivity index (χ1) is 9.76. The number of nitrogens with one attached hydrogen (secondary N) is 1. The van der Waals surface area contributed by atoms with Gasteiger partial charge in [-0.2, -0.15) is 0 Å². The highest BCUT2D eigenvalue weighted by Crippen LogP contribution is 2.27. The Morgan fingerprint density at radius 1 is 1.45 bits per heavy atom. The van der Waals surface area contributed by atoms with E-state index in [2.05, 4.69) is 25.8 Å². The number of carbonyl (C=O) groups excluding carboxylic acids is 1. The van der Waals surface area contributed by atoms with Crippen molar-refractivity contribution in [3.05, 3.63) is 41.2 Å². The lowest BCUT2D eigenvalue weighted by Crippen LogP contribution is -2.00. The second kappa shape index (κ2) is 5.64. The average Bonchev–Trinajstić information content (AvgIpc) is 3.10. The standard InChI is InChI=1S/C13H11N3O2S2/c1-18-12(17)9-6-14-13(16-9)19-7-11-15-8-4-2-3-5-10(8)20-11/h2-6H,7H2,1H3,(H,14,16). The number of H-pyrrole nitrogens is 1. The van der Waals surface area contributed by atoms with E-state index in [1.54, 1.807) is 11.3 Å². The summed E-state index contributed by atoms with van der Waals surface area (Å²) in [7, 11) is 1.34. The van der Waals surface area contributed by atoms with Gasteiger partial charge in [-0.3, -0.25) is 0 Å². The van der Waals surface area contributed by atoms with Crippen LogP contribution in [0.15, 0.2) is 35.6 Å². The van der Waals surface area contributed by atoms with Crippen LogP contribution in [-0.2, 0) is 10.5 Å². The first-order valence-corrected chi connectivity index (χ1v) is 7.67. The molecule has 0 aliphatic carbocycles. The zero-order valence-corrected chi connectivity index (χ0v) is 12.3. The van der Waals surface area contributed by atoms with Gasteiger partial charge in [-0.1, -0.05) is 23.9 Å². The highest BCUT2D eigenvalue weighted by molar-refractivity contribution is 7.98. The first kappa shape index (κ1) is 13.1. The molecule has 0 aliphatic rings. The predicted octanol–water partition coefficient (Wildman–Crippen LogP) is 3.10. The molecule has 0 saturated heterocycles. The molecule has 0 spiro atoms. The summed E-state index contributed by atoms with van der Waals surface area (Å²) in [5.74, 6) is 0.303. The van der Waals surface area contributed by atoms with Gasteiger partial charge in [0.2, 0.25) is 0 Å². The van der Waals surface area contributed by atoms with Crippen LogP contribution in [0.4, 0.5) is 0 Å². The van der Waals surface area contributed by atoms with Gasteiger partial charge in [0.1, 0.15) is 10.7 Å². The minimum absolute atomic E-state index is 0.360. The molecule has 3 rings (SSSR count). The molecule has 1 aromatic carbocycles. The second-order valence-electron chi connectivity index (χ2n) is 3.96. The third-order valence-electron chi connectivity index (χ3n) is 2.63. The Labute approximate surface area is 123 Å². The Bertz CT molecular complexity index is 718. The number of benzene rings is 1. The van der Waals surface area contributed by atoms with Gasteiger partial charge in [0, 0.05) is 0 Å². The van der Waals surface area contributed by atoms with Crippen molar-refractivity contribution in [2.45, 2.75) is 10.9 Å². The number of carbonyl (C=O) groups is 1. The van der Waals surface area contributed by atoms with E-state index in [1.165, 1.54) is 29.8 Å². The summed E-state index contributed by atoms with van der Waals surface area (Å²) in [4.78, 5) is 22.9. The van der Waals surface area contributed by atoms with Crippen LogP contribution in [-0.4, -0.2) is 28.0 Å². The summed E-state index contributed by atoms with van der Waals surface area (Å²) in [6.07, 6.45) is 1.48. The number of thioether (sulfide) groups is 1. The Balaban J connectivity index is 1.69. The number of fused-ring (bicyclic) bond motifs is 1. The largest absolute Gasteiger partial charge is 0.464 e. The molecule has 5 nitrogen and oxygen atoms in total. The van der Waals surface area contributed by atoms with Crippen LogP contribution in [0.5, 0.6) is 0 Å². The van der Waals surface area contributed by atoms with Crippen molar-refractivity contribution < 1.29 is 9.53 Å². The zero-order valence-electron chi connectivity index (χ0n) is 10.6. The number of hydrogen-bond donors (Lipinski definition) is 1. The lowest BCUT2D eigenvalue weighted by Gasteiger charge is -1.94. The molecule has 0 amide bonds. The van der Waals surface area contributed by atoms with Crippen molar-refractivity contribution in [1.82, 2.24) is 15.0 Å². The number of para-hydroxylation sites is 1. The van der Waals surface area contributed by atoms with Crippen LogP contribution in [0, 0.1) is 0 Å². The maximum absolute atomic E-state index is 11.3. The average molecular weight is 305 g/mol. The van der Waals surface area contributed by atoms with Crippen molar-refractivity contribution in [1.29, 1.82) is 0 Å². The van der Waals surface area contributed by atoms with Crippen LogP contribution in [0.25, 0.3) is 10.2 Å². The molecule has 0 bridgehead atoms. The molecule has 1 N–H and O–H groups in total. The Morgan fingerprint density at radius 3 is 3.10 bits per heavy atom. The van der Waals surface area contributed by atoms with Crippen LogP contribution in [0.3, 0.4) is 0 Å². The number of ether oxygens (including phenoxy) is 1. The zero-order chi connectivity index (χ0) is 13.9. The molecule has 0 atom stereocenters. The van der Waals surface area contributed by atoms with Gasteiger partial charge >= 0.3 is 5.97 Å². The second-order valence-corrected chi connectivity index (χ2v) is 6.04. The maximum atomic E-state index is 11.3. The fourth-order valence-corrected chi connectivity index (χ4v) is 3.51. The molecule has 2 aromatic heterocycles. The third-order valence-corrected chi connectivity index (χ3v) is 4.75. The Hall–Kier alpha value is -1.86. The van der Waals surface area contributed by atoms with Gasteiger partial charge in [0.15, 0.2) is 5.16 Å². The molecule has 0 fully saturated rings. The molecular formula is C13H11N3O2S2. The van der Waals surface area contributed by atoms with E-state index in [4.69, 9.17) is 0 Å². The van der Waals surface area contributed by atoms with E-state index in [9.17, 15) is 4.79 Å². The lowest BCUT2D eigenvalue weighted by atomic mass is 10.3. The molecule has 0 unspecified atom stereocenters. The van der Waals surface area contributed by atoms with Crippen molar-refractivity contribution in [3.63, 3.8) is 0 Å². The van der Waals surface area contributed by atoms with Gasteiger partial charge in [-0.05, 0) is 12.1 Å². The van der Waals surface area contributed by atoms with Crippen LogP contribution in [0.2, 0.25) is 0 Å². The fraction of sp³-hybridized carbons (Fsp3) is 0.154. The van der Waals surface area contributed by atoms with Crippen molar-refractivity contribution >= 4 is 39.3 Å². The third kappa shape index (κ3) is 2.68. The van der Waals surface area contributed by atoms with E-state index in [0.29, 0.717) is 16.6 Å². The molecule has 0 aliphatic heterocycles. The monoisotopic (exact) mass is 305 g/mol. The highest BCUT2D eigenvalue weighted by Gasteiger charge is 2.10. The van der Waals surface area contributed by atoms with E-state index in [0.717, 1.165) is 10.5 Å². The maximum Gasteiger partial charge on any atom is 0.356 e. The number of imidazole rings is 1. The Morgan fingerprint density at radius 2 is 2.30 bits per heavy atom. The summed E-state index contributed by atoms with van der Waals surface area (Å²) in [5, 5.41) is 1.72. The van der Waals surface area contributed by atoms with Gasteiger partial charge in [-0.25, -0.2) is 14.8 Å². The van der Waals surface area contributed by atoms with Crippen LogP contribution >= 0.6 is 23.1 Å². The molecule has 102 valence electrons. The minimum Gasteiger partial charge on any atom is -0.464 e. The number of hydrogen-bond acceptors (Lipinski definition) is 6. The number of esters is 1. The number of thiazole rings is 1. The van der Waals surface area contributed by atoms with Crippen LogP contribution in [0.1, 0.15) is 15.5 Å². The molecule has 0 radical (unpaired) electrons. The lowest BCUT2D eigenvalue weighted by molar-refractivity contribution is 0.0594. The number of nitrogens with zero attached hydrogens (tertiary/aromatic N) is 2. The number of aromatic amines is 1. The van der Waals surface area contributed by atoms with Gasteiger partial charge in [-0.15, -0.1) is 11.3 Å². The molecule has 2 heterocycles. The summed E-state index contributed by atoms with van der Waals surface area (Å²) in [6.45, 7) is 0. The molecule has 0 saturated carbocycles. The van der Waals surface area contributed by atoms with E-state index < -0.39 is 5.97 Å². The van der Waals surface area contributed by atoms with Crippen molar-refractivity contribution in [3.8, 4) is 0 Å². The fourth-order valence-electron chi connectivity index (χ4n) is 1.70. The highest BCUT2D eigenvalue weighted by atomic mass is 32.2. The molecule has 20 heavy (non-hydrogen) atoms. The number of aromatic nitrogens is 3. The van der Waals surface area contributed by atoms with E-state index >= 15 is 0 Å². The molecule has 7 heteroatoms. The molecular weight excluding hydrogens is 294 g/mol. The summed E-state index contributed by atoms with van der Waals surface area (Å²) in [5.41, 5.74) is 1.38. The summed E-state index contributed by atoms with van der Waals surface area (Å²) in [6, 6.07) is 8.05. The summed E-state index contributed by atoms with van der Waals surface area (Å²) >= 11 is 3.18. The SMILES string of the molecule is COC(=O)c1cnc(SCc2nc3ccccc3s2)[nH]1. The summed E-state index contributed by atoms with van der Waals surface area (Å²) < 4.78 is 5.80. The van der Waals surface area contributed by atoms with E-state index in [1.807, 2.05) is 18.2 Å². The van der Waals surface area contributed by atoms with Gasteiger partial charge in [0.05, 0.1) is 29.3 Å². The quantitative estimate of drug-likeness (QED) is 0.592. The van der Waals surface area contributed by atoms with Crippen molar-refractivity contribution in [2.24, 2.45) is 0 Å². The predicted molar refractivity (Wildman–Crippen MR) is 79.1 cm³/mol. The van der Waals surface area contributed by atoms with Crippen molar-refractivity contribution in [2.75, 3.05) is 7.11 Å². The smallest absolute Gasteiger partial charge is 0.356 e.